The molecule has 0 saturated carbocycles. The lowest BCUT2D eigenvalue weighted by Crippen LogP contribution is -2.22. The Morgan fingerprint density at radius 3 is 2.62 bits per heavy atom. The van der Waals surface area contributed by atoms with Crippen molar-refractivity contribution in [1.82, 2.24) is 5.32 Å². The zero-order valence-corrected chi connectivity index (χ0v) is 10.5. The van der Waals surface area contributed by atoms with E-state index in [1.807, 2.05) is 6.07 Å². The Hall–Kier alpha value is -1.06. The summed E-state index contributed by atoms with van der Waals surface area (Å²) < 4.78 is 10.2. The minimum absolute atomic E-state index is 0.333. The van der Waals surface area contributed by atoms with Crippen molar-refractivity contribution in [3.05, 3.63) is 29.3 Å². The van der Waals surface area contributed by atoms with E-state index in [9.17, 15) is 0 Å². The van der Waals surface area contributed by atoms with Crippen LogP contribution in [0.15, 0.2) is 18.2 Å². The summed E-state index contributed by atoms with van der Waals surface area (Å²) in [4.78, 5) is 0. The van der Waals surface area contributed by atoms with Crippen molar-refractivity contribution in [2.75, 3.05) is 27.4 Å². The van der Waals surface area contributed by atoms with E-state index in [1.165, 1.54) is 11.1 Å². The number of methoxy groups -OCH3 is 2. The first-order valence-electron chi connectivity index (χ1n) is 5.56. The molecule has 1 aromatic rings. The topological polar surface area (TPSA) is 30.5 Å². The smallest absolute Gasteiger partial charge is 0.121 e. The first kappa shape index (κ1) is 13.0. The molecule has 1 rings (SSSR count). The standard InChI is InChI=1S/C13H21NO2/c1-10-9-12(5-6-13(10)16-4)11(2)14-7-8-15-3/h5-6,9,11,14H,7-8H2,1-4H3. The van der Waals surface area contributed by atoms with Gasteiger partial charge in [0.05, 0.1) is 13.7 Å². The predicted octanol–water partition coefficient (Wildman–Crippen LogP) is 2.30. The van der Waals surface area contributed by atoms with Crippen LogP contribution in [0.1, 0.15) is 24.1 Å². The van der Waals surface area contributed by atoms with Crippen LogP contribution in [0.5, 0.6) is 5.75 Å². The highest BCUT2D eigenvalue weighted by atomic mass is 16.5. The minimum Gasteiger partial charge on any atom is -0.496 e. The Morgan fingerprint density at radius 1 is 1.31 bits per heavy atom. The second kappa shape index (κ2) is 6.51. The fourth-order valence-electron chi connectivity index (χ4n) is 1.67. The van der Waals surface area contributed by atoms with Gasteiger partial charge in [0.25, 0.3) is 0 Å². The first-order chi connectivity index (χ1) is 7.69. The van der Waals surface area contributed by atoms with Gasteiger partial charge in [-0.3, -0.25) is 0 Å². The van der Waals surface area contributed by atoms with Gasteiger partial charge < -0.3 is 14.8 Å². The SMILES string of the molecule is COCCNC(C)c1ccc(OC)c(C)c1. The molecule has 1 atom stereocenters. The quantitative estimate of drug-likeness (QED) is 0.751. The van der Waals surface area contributed by atoms with Crippen LogP contribution in [-0.4, -0.2) is 27.4 Å². The summed E-state index contributed by atoms with van der Waals surface area (Å²) in [7, 11) is 3.41. The van der Waals surface area contributed by atoms with E-state index >= 15 is 0 Å². The molecule has 0 saturated heterocycles. The summed E-state index contributed by atoms with van der Waals surface area (Å²) in [6.45, 7) is 5.81. The maximum Gasteiger partial charge on any atom is 0.121 e. The van der Waals surface area contributed by atoms with Gasteiger partial charge in [0.15, 0.2) is 0 Å². The van der Waals surface area contributed by atoms with Crippen LogP contribution in [0.3, 0.4) is 0 Å². The normalized spacial score (nSPS) is 12.5. The van der Waals surface area contributed by atoms with Gasteiger partial charge >= 0.3 is 0 Å². The van der Waals surface area contributed by atoms with Crippen molar-refractivity contribution < 1.29 is 9.47 Å². The van der Waals surface area contributed by atoms with Crippen LogP contribution >= 0.6 is 0 Å². The Labute approximate surface area is 97.8 Å². The van der Waals surface area contributed by atoms with Gasteiger partial charge in [0.2, 0.25) is 0 Å². The minimum atomic E-state index is 0.333. The average molecular weight is 223 g/mol. The molecule has 1 aromatic carbocycles. The summed E-state index contributed by atoms with van der Waals surface area (Å²) in [5.41, 5.74) is 2.44. The summed E-state index contributed by atoms with van der Waals surface area (Å²) in [6.07, 6.45) is 0. The Kier molecular flexibility index (Phi) is 5.29. The molecule has 3 heteroatoms. The Balaban J connectivity index is 2.62. The van der Waals surface area contributed by atoms with Crippen molar-refractivity contribution in [2.24, 2.45) is 0 Å². The first-order valence-corrected chi connectivity index (χ1v) is 5.56. The molecule has 0 aromatic heterocycles. The second-order valence-electron chi connectivity index (χ2n) is 3.90. The molecule has 1 unspecified atom stereocenters. The highest BCUT2D eigenvalue weighted by Gasteiger charge is 2.06. The van der Waals surface area contributed by atoms with E-state index in [0.717, 1.165) is 18.9 Å². The molecule has 0 radical (unpaired) electrons. The second-order valence-corrected chi connectivity index (χ2v) is 3.90. The third kappa shape index (κ3) is 3.51. The summed E-state index contributed by atoms with van der Waals surface area (Å²) >= 11 is 0. The van der Waals surface area contributed by atoms with Crippen LogP contribution in [-0.2, 0) is 4.74 Å². The van der Waals surface area contributed by atoms with E-state index in [2.05, 4.69) is 31.3 Å². The molecule has 0 aliphatic heterocycles. The molecule has 16 heavy (non-hydrogen) atoms. The third-order valence-corrected chi connectivity index (χ3v) is 2.68. The van der Waals surface area contributed by atoms with E-state index in [-0.39, 0.29) is 0 Å². The number of aryl methyl sites for hydroxylation is 1. The predicted molar refractivity (Wildman–Crippen MR) is 66.0 cm³/mol. The number of benzene rings is 1. The van der Waals surface area contributed by atoms with Gasteiger partial charge in [-0.2, -0.15) is 0 Å². The Morgan fingerprint density at radius 2 is 2.06 bits per heavy atom. The summed E-state index contributed by atoms with van der Waals surface area (Å²) in [5.74, 6) is 0.938. The van der Waals surface area contributed by atoms with Gasteiger partial charge in [0.1, 0.15) is 5.75 Å². The molecular weight excluding hydrogens is 202 g/mol. The molecule has 0 aliphatic rings. The van der Waals surface area contributed by atoms with Gasteiger partial charge in [-0.15, -0.1) is 0 Å². The average Bonchev–Trinajstić information content (AvgIpc) is 2.29. The summed E-state index contributed by atoms with van der Waals surface area (Å²) in [5, 5.41) is 3.40. The molecule has 90 valence electrons. The van der Waals surface area contributed by atoms with Crippen LogP contribution in [0.25, 0.3) is 0 Å². The molecule has 0 heterocycles. The van der Waals surface area contributed by atoms with Crippen LogP contribution in [0.4, 0.5) is 0 Å². The van der Waals surface area contributed by atoms with Crippen molar-refractivity contribution in [1.29, 1.82) is 0 Å². The number of rotatable bonds is 6. The van der Waals surface area contributed by atoms with Crippen LogP contribution in [0, 0.1) is 6.92 Å². The summed E-state index contributed by atoms with van der Waals surface area (Å²) in [6, 6.07) is 6.60. The number of nitrogens with one attached hydrogen (secondary N) is 1. The molecule has 0 aliphatic carbocycles. The van der Waals surface area contributed by atoms with E-state index in [4.69, 9.17) is 9.47 Å². The number of hydrogen-bond acceptors (Lipinski definition) is 3. The Bertz CT molecular complexity index is 326. The fraction of sp³-hybridized carbons (Fsp3) is 0.538. The van der Waals surface area contributed by atoms with Gasteiger partial charge in [0, 0.05) is 19.7 Å². The zero-order valence-electron chi connectivity index (χ0n) is 10.5. The molecule has 0 spiro atoms. The highest BCUT2D eigenvalue weighted by Crippen LogP contribution is 2.22. The largest absolute Gasteiger partial charge is 0.496 e. The highest BCUT2D eigenvalue weighted by molar-refractivity contribution is 5.37. The van der Waals surface area contributed by atoms with Crippen molar-refractivity contribution in [3.8, 4) is 5.75 Å². The lowest BCUT2D eigenvalue weighted by Gasteiger charge is -2.15. The molecule has 3 nitrogen and oxygen atoms in total. The van der Waals surface area contributed by atoms with Crippen LogP contribution < -0.4 is 10.1 Å². The lowest BCUT2D eigenvalue weighted by molar-refractivity contribution is 0.196. The number of ether oxygens (including phenoxy) is 2. The van der Waals surface area contributed by atoms with Crippen molar-refractivity contribution in [2.45, 2.75) is 19.9 Å². The molecule has 0 fully saturated rings. The van der Waals surface area contributed by atoms with Crippen LogP contribution in [0.2, 0.25) is 0 Å². The van der Waals surface area contributed by atoms with Crippen molar-refractivity contribution in [3.63, 3.8) is 0 Å². The van der Waals surface area contributed by atoms with Gasteiger partial charge in [-0.1, -0.05) is 12.1 Å². The van der Waals surface area contributed by atoms with Gasteiger partial charge in [-0.05, 0) is 31.0 Å². The maximum atomic E-state index is 5.24. The maximum absolute atomic E-state index is 5.24. The third-order valence-electron chi connectivity index (χ3n) is 2.68. The lowest BCUT2D eigenvalue weighted by atomic mass is 10.1. The monoisotopic (exact) mass is 223 g/mol. The number of hydrogen-bond donors (Lipinski definition) is 1. The molecule has 0 amide bonds. The van der Waals surface area contributed by atoms with E-state index in [0.29, 0.717) is 6.04 Å². The fourth-order valence-corrected chi connectivity index (χ4v) is 1.67. The molecule has 0 bridgehead atoms. The molecule has 1 N–H and O–H groups in total. The van der Waals surface area contributed by atoms with E-state index in [1.54, 1.807) is 14.2 Å². The van der Waals surface area contributed by atoms with Gasteiger partial charge in [-0.25, -0.2) is 0 Å². The van der Waals surface area contributed by atoms with Crippen molar-refractivity contribution >= 4 is 0 Å². The molecular formula is C13H21NO2. The van der Waals surface area contributed by atoms with E-state index < -0.39 is 0 Å². The zero-order chi connectivity index (χ0) is 12.0.